The third-order valence-electron chi connectivity index (χ3n) is 5.55. The van der Waals surface area contributed by atoms with Crippen molar-refractivity contribution in [3.63, 3.8) is 0 Å². The summed E-state index contributed by atoms with van der Waals surface area (Å²) in [5, 5.41) is 3.01. The molecule has 3 heterocycles. The number of likely N-dealkylation sites (tertiary alicyclic amines) is 1. The van der Waals surface area contributed by atoms with Crippen molar-refractivity contribution in [1.82, 2.24) is 9.80 Å². The molecule has 3 aliphatic heterocycles. The van der Waals surface area contributed by atoms with Gasteiger partial charge in [0, 0.05) is 50.1 Å². The van der Waals surface area contributed by atoms with Crippen molar-refractivity contribution in [2.24, 2.45) is 0 Å². The van der Waals surface area contributed by atoms with E-state index < -0.39 is 0 Å². The molecular formula is C19H28N4O3. The van der Waals surface area contributed by atoms with E-state index in [9.17, 15) is 4.79 Å². The average molecular weight is 360 g/mol. The molecule has 7 nitrogen and oxygen atoms in total. The number of benzene rings is 1. The van der Waals surface area contributed by atoms with Gasteiger partial charge in [-0.15, -0.1) is 0 Å². The number of amides is 1. The predicted molar refractivity (Wildman–Crippen MR) is 101 cm³/mol. The third kappa shape index (κ3) is 4.01. The number of morpholine rings is 2. The Kier molecular flexibility index (Phi) is 5.40. The number of carbonyl (C=O) groups is 1. The first-order valence-corrected chi connectivity index (χ1v) is 9.46. The minimum Gasteiger partial charge on any atom is -0.378 e. The molecule has 2 atom stereocenters. The van der Waals surface area contributed by atoms with Gasteiger partial charge in [-0.25, -0.2) is 0 Å². The highest BCUT2D eigenvalue weighted by atomic mass is 16.5. The first-order chi connectivity index (χ1) is 12.7. The lowest BCUT2D eigenvalue weighted by molar-refractivity contribution is -0.117. The van der Waals surface area contributed by atoms with Gasteiger partial charge < -0.3 is 19.7 Å². The quantitative estimate of drug-likeness (QED) is 0.843. The van der Waals surface area contributed by atoms with E-state index in [0.717, 1.165) is 58.2 Å². The molecule has 26 heavy (non-hydrogen) atoms. The maximum absolute atomic E-state index is 12.4. The van der Waals surface area contributed by atoms with Crippen LogP contribution in [-0.4, -0.2) is 94.0 Å². The van der Waals surface area contributed by atoms with Crippen molar-refractivity contribution >= 4 is 17.3 Å². The summed E-state index contributed by atoms with van der Waals surface area (Å²) in [5.74, 6) is 0.0328. The number of hydrogen-bond acceptors (Lipinski definition) is 6. The monoisotopic (exact) mass is 360 g/mol. The number of ether oxygens (including phenoxy) is 2. The highest BCUT2D eigenvalue weighted by Gasteiger charge is 2.38. The molecule has 1 aromatic carbocycles. The molecule has 3 aliphatic rings. The van der Waals surface area contributed by atoms with E-state index >= 15 is 0 Å². The van der Waals surface area contributed by atoms with Gasteiger partial charge >= 0.3 is 0 Å². The normalized spacial score (nSPS) is 27.3. The summed E-state index contributed by atoms with van der Waals surface area (Å²) in [6.07, 6.45) is 0.231. The molecule has 0 radical (unpaired) electrons. The van der Waals surface area contributed by atoms with Gasteiger partial charge in [-0.05, 0) is 31.3 Å². The van der Waals surface area contributed by atoms with Crippen molar-refractivity contribution < 1.29 is 14.3 Å². The number of rotatable bonds is 4. The molecule has 4 rings (SSSR count). The van der Waals surface area contributed by atoms with Crippen LogP contribution in [-0.2, 0) is 14.3 Å². The van der Waals surface area contributed by atoms with Gasteiger partial charge in [0.25, 0.3) is 0 Å². The molecule has 0 spiro atoms. The number of carbonyl (C=O) groups excluding carboxylic acids is 1. The zero-order valence-electron chi connectivity index (χ0n) is 15.4. The maximum Gasteiger partial charge on any atom is 0.238 e. The van der Waals surface area contributed by atoms with Gasteiger partial charge in [-0.2, -0.15) is 0 Å². The standard InChI is InChI=1S/C19H28N4O3/c1-21-6-11-26-18-13-22(12-17(18)21)14-19(24)20-15-2-4-16(5-3-15)23-7-9-25-10-8-23/h2-5,17-18H,6-14H2,1H3,(H,20,24)/t17-,18+/m1/s1. The smallest absolute Gasteiger partial charge is 0.238 e. The van der Waals surface area contributed by atoms with Gasteiger partial charge in [-0.3, -0.25) is 14.6 Å². The van der Waals surface area contributed by atoms with Crippen LogP contribution in [0.1, 0.15) is 0 Å². The van der Waals surface area contributed by atoms with Crippen LogP contribution in [0.2, 0.25) is 0 Å². The second-order valence-electron chi connectivity index (χ2n) is 7.35. The van der Waals surface area contributed by atoms with Gasteiger partial charge in [0.2, 0.25) is 5.91 Å². The average Bonchev–Trinajstić information content (AvgIpc) is 3.07. The van der Waals surface area contributed by atoms with Crippen LogP contribution in [0.5, 0.6) is 0 Å². The highest BCUT2D eigenvalue weighted by molar-refractivity contribution is 5.92. The highest BCUT2D eigenvalue weighted by Crippen LogP contribution is 2.22. The van der Waals surface area contributed by atoms with Gasteiger partial charge in [0.15, 0.2) is 0 Å². The Bertz CT molecular complexity index is 618. The van der Waals surface area contributed by atoms with E-state index in [4.69, 9.17) is 9.47 Å². The Hall–Kier alpha value is -1.67. The topological polar surface area (TPSA) is 57.3 Å². The first-order valence-electron chi connectivity index (χ1n) is 9.46. The van der Waals surface area contributed by atoms with E-state index in [1.165, 1.54) is 5.69 Å². The molecule has 3 fully saturated rings. The molecule has 0 bridgehead atoms. The number of nitrogens with zero attached hydrogens (tertiary/aromatic N) is 3. The second-order valence-corrected chi connectivity index (χ2v) is 7.35. The van der Waals surface area contributed by atoms with E-state index in [1.807, 2.05) is 12.1 Å². The molecule has 3 saturated heterocycles. The van der Waals surface area contributed by atoms with Crippen molar-refractivity contribution in [2.45, 2.75) is 12.1 Å². The fourth-order valence-electron chi connectivity index (χ4n) is 4.04. The van der Waals surface area contributed by atoms with Gasteiger partial charge in [0.05, 0.1) is 32.5 Å². The minimum atomic E-state index is 0.0328. The Labute approximate surface area is 154 Å². The Balaban J connectivity index is 1.28. The fourth-order valence-corrected chi connectivity index (χ4v) is 4.04. The number of fused-ring (bicyclic) bond motifs is 1. The van der Waals surface area contributed by atoms with Crippen molar-refractivity contribution in [3.8, 4) is 0 Å². The Morgan fingerprint density at radius 3 is 2.62 bits per heavy atom. The van der Waals surface area contributed by atoms with Crippen molar-refractivity contribution in [2.75, 3.05) is 76.4 Å². The predicted octanol–water partition coefficient (Wildman–Crippen LogP) is 0.477. The summed E-state index contributed by atoms with van der Waals surface area (Å²) in [6, 6.07) is 8.49. The molecule has 0 aliphatic carbocycles. The van der Waals surface area contributed by atoms with E-state index in [2.05, 4.69) is 39.2 Å². The SMILES string of the molecule is CN1CCO[C@H]2CN(CC(=O)Nc3ccc(N4CCOCC4)cc3)C[C@H]21. The van der Waals surface area contributed by atoms with Crippen molar-refractivity contribution in [1.29, 1.82) is 0 Å². The van der Waals surface area contributed by atoms with Crippen LogP contribution in [0.4, 0.5) is 11.4 Å². The van der Waals surface area contributed by atoms with Crippen LogP contribution < -0.4 is 10.2 Å². The summed E-state index contributed by atoms with van der Waals surface area (Å²) in [5.41, 5.74) is 2.02. The van der Waals surface area contributed by atoms with Crippen LogP contribution in [0.15, 0.2) is 24.3 Å². The summed E-state index contributed by atoms with van der Waals surface area (Å²) in [7, 11) is 2.14. The summed E-state index contributed by atoms with van der Waals surface area (Å²) in [6.45, 7) is 7.27. The Morgan fingerprint density at radius 2 is 1.88 bits per heavy atom. The lowest BCUT2D eigenvalue weighted by Crippen LogP contribution is -2.48. The molecule has 1 aromatic rings. The largest absolute Gasteiger partial charge is 0.378 e. The van der Waals surface area contributed by atoms with E-state index in [-0.39, 0.29) is 12.0 Å². The summed E-state index contributed by atoms with van der Waals surface area (Å²) >= 11 is 0. The van der Waals surface area contributed by atoms with E-state index in [0.29, 0.717) is 12.6 Å². The van der Waals surface area contributed by atoms with Gasteiger partial charge in [-0.1, -0.05) is 0 Å². The molecule has 0 unspecified atom stereocenters. The summed E-state index contributed by atoms with van der Waals surface area (Å²) in [4.78, 5) is 19.2. The van der Waals surface area contributed by atoms with Crippen LogP contribution in [0.3, 0.4) is 0 Å². The Morgan fingerprint density at radius 1 is 1.12 bits per heavy atom. The molecule has 142 valence electrons. The van der Waals surface area contributed by atoms with Crippen LogP contribution in [0.25, 0.3) is 0 Å². The second kappa shape index (κ2) is 7.92. The zero-order valence-corrected chi connectivity index (χ0v) is 15.4. The lowest BCUT2D eigenvalue weighted by Gasteiger charge is -2.33. The lowest BCUT2D eigenvalue weighted by atomic mass is 10.1. The third-order valence-corrected chi connectivity index (χ3v) is 5.55. The molecule has 1 amide bonds. The number of anilines is 2. The van der Waals surface area contributed by atoms with Gasteiger partial charge in [0.1, 0.15) is 0 Å². The van der Waals surface area contributed by atoms with E-state index in [1.54, 1.807) is 0 Å². The first kappa shape index (κ1) is 17.7. The molecule has 0 saturated carbocycles. The number of hydrogen-bond donors (Lipinski definition) is 1. The minimum absolute atomic E-state index is 0.0328. The maximum atomic E-state index is 12.4. The molecule has 7 heteroatoms. The summed E-state index contributed by atoms with van der Waals surface area (Å²) < 4.78 is 11.2. The van der Waals surface area contributed by atoms with Crippen LogP contribution in [0, 0.1) is 0 Å². The number of likely N-dealkylation sites (N-methyl/N-ethyl adjacent to an activating group) is 1. The zero-order chi connectivity index (χ0) is 17.9. The molecule has 1 N–H and O–H groups in total. The van der Waals surface area contributed by atoms with Crippen LogP contribution >= 0.6 is 0 Å². The van der Waals surface area contributed by atoms with Crippen molar-refractivity contribution in [3.05, 3.63) is 24.3 Å². The molecule has 0 aromatic heterocycles. The number of nitrogens with one attached hydrogen (secondary N) is 1. The fraction of sp³-hybridized carbons (Fsp3) is 0.632. The molecular weight excluding hydrogens is 332 g/mol.